The topological polar surface area (TPSA) is 22.2 Å². The van der Waals surface area contributed by atoms with E-state index in [2.05, 4.69) is 15.9 Å². The van der Waals surface area contributed by atoms with Crippen LogP contribution in [0.4, 0.5) is 5.69 Å². The fraction of sp³-hybridized carbons (Fsp3) is 0.0909. The van der Waals surface area contributed by atoms with Crippen molar-refractivity contribution in [3.8, 4) is 11.4 Å². The van der Waals surface area contributed by atoms with Crippen LogP contribution in [0.25, 0.3) is 16.2 Å². The molecule has 4 heteroatoms. The van der Waals surface area contributed by atoms with Crippen molar-refractivity contribution in [1.29, 1.82) is 0 Å². The summed E-state index contributed by atoms with van der Waals surface area (Å²) < 4.78 is 1.90. The summed E-state index contributed by atoms with van der Waals surface area (Å²) in [6.07, 6.45) is 3.60. The second-order valence-corrected chi connectivity index (χ2v) is 2.93. The molecule has 0 spiro atoms. The third kappa shape index (κ3) is 2.33. The summed E-state index contributed by atoms with van der Waals surface area (Å²) in [6.45, 7) is 6.90. The van der Waals surface area contributed by atoms with Crippen molar-refractivity contribution in [1.82, 2.24) is 9.55 Å². The van der Waals surface area contributed by atoms with Crippen molar-refractivity contribution < 1.29 is 20.1 Å². The molecule has 0 fully saturated rings. The molecule has 0 N–H and O–H groups in total. The maximum atomic E-state index is 6.90. The first kappa shape index (κ1) is 11.6. The average Bonchev–Trinajstić information content (AvgIpc) is 2.65. The molecule has 0 aliphatic rings. The standard InChI is InChI=1S/C11H8N3.Ir/c1-12-10-5-3-4-9(8-10)11-13-6-7-14(11)2;/h3,5-8H,2H3;/q-1;. The van der Waals surface area contributed by atoms with Crippen LogP contribution in [0.5, 0.6) is 0 Å². The predicted molar refractivity (Wildman–Crippen MR) is 53.7 cm³/mol. The van der Waals surface area contributed by atoms with Gasteiger partial charge in [-0.2, -0.15) is 6.07 Å². The zero-order valence-electron chi connectivity index (χ0n) is 8.06. The van der Waals surface area contributed by atoms with E-state index in [1.165, 1.54) is 0 Å². The zero-order chi connectivity index (χ0) is 9.97. The van der Waals surface area contributed by atoms with Crippen LogP contribution < -0.4 is 0 Å². The Balaban J connectivity index is 0.00000112. The van der Waals surface area contributed by atoms with Gasteiger partial charge in [-0.05, 0) is 0 Å². The van der Waals surface area contributed by atoms with Crippen LogP contribution in [0.2, 0.25) is 0 Å². The molecule has 77 valence electrons. The minimum absolute atomic E-state index is 0. The zero-order valence-corrected chi connectivity index (χ0v) is 10.5. The number of rotatable bonds is 1. The van der Waals surface area contributed by atoms with Gasteiger partial charge in [-0.3, -0.25) is 9.83 Å². The number of aryl methyl sites for hydroxylation is 1. The Morgan fingerprint density at radius 2 is 2.33 bits per heavy atom. The van der Waals surface area contributed by atoms with Gasteiger partial charge in [0.05, 0.1) is 12.4 Å². The van der Waals surface area contributed by atoms with Gasteiger partial charge in [0.1, 0.15) is 5.69 Å². The summed E-state index contributed by atoms with van der Waals surface area (Å²) in [5, 5.41) is 0. The van der Waals surface area contributed by atoms with Gasteiger partial charge in [-0.1, -0.05) is 0 Å². The van der Waals surface area contributed by atoms with Crippen LogP contribution >= 0.6 is 0 Å². The quantitative estimate of drug-likeness (QED) is 0.703. The number of imidazole rings is 1. The second-order valence-electron chi connectivity index (χ2n) is 2.93. The molecule has 0 saturated carbocycles. The number of hydrogen-bond donors (Lipinski definition) is 0. The summed E-state index contributed by atoms with van der Waals surface area (Å²) in [6, 6.07) is 8.33. The number of aromatic nitrogens is 2. The minimum atomic E-state index is 0. The van der Waals surface area contributed by atoms with Crippen molar-refractivity contribution in [2.75, 3.05) is 0 Å². The van der Waals surface area contributed by atoms with Crippen LogP contribution in [0.3, 0.4) is 0 Å². The SMILES string of the molecule is [C-]#[N+]c1cc[c-]c(-c2nccn2C)c1.[Ir]. The average molecular weight is 374 g/mol. The van der Waals surface area contributed by atoms with E-state index in [0.29, 0.717) is 5.69 Å². The summed E-state index contributed by atoms with van der Waals surface area (Å²) in [5.74, 6) is 0.829. The Bertz CT molecular complexity index is 497. The van der Waals surface area contributed by atoms with Gasteiger partial charge in [0.2, 0.25) is 0 Å². The maximum Gasteiger partial charge on any atom is 0.109 e. The molecule has 1 radical (unpaired) electrons. The first-order chi connectivity index (χ1) is 6.81. The van der Waals surface area contributed by atoms with E-state index in [0.717, 1.165) is 11.4 Å². The summed E-state index contributed by atoms with van der Waals surface area (Å²) in [7, 11) is 1.92. The van der Waals surface area contributed by atoms with Crippen molar-refractivity contribution in [2.45, 2.75) is 0 Å². The largest absolute Gasteiger partial charge is 0.373 e. The molecule has 1 aromatic carbocycles. The Morgan fingerprint density at radius 1 is 1.53 bits per heavy atom. The summed E-state index contributed by atoms with van der Waals surface area (Å²) in [5.41, 5.74) is 1.47. The van der Waals surface area contributed by atoms with Crippen molar-refractivity contribution in [2.24, 2.45) is 7.05 Å². The number of benzene rings is 1. The Kier molecular flexibility index (Phi) is 3.79. The second kappa shape index (κ2) is 4.88. The fourth-order valence-corrected chi connectivity index (χ4v) is 1.28. The summed E-state index contributed by atoms with van der Waals surface area (Å²) >= 11 is 0. The molecule has 2 rings (SSSR count). The third-order valence-electron chi connectivity index (χ3n) is 1.98. The van der Waals surface area contributed by atoms with Gasteiger partial charge >= 0.3 is 0 Å². The van der Waals surface area contributed by atoms with Gasteiger partial charge in [-0.15, -0.1) is 23.8 Å². The fourth-order valence-electron chi connectivity index (χ4n) is 1.28. The van der Waals surface area contributed by atoms with Crippen molar-refractivity contribution in [3.05, 3.63) is 48.1 Å². The molecular formula is C11H8IrN3-. The summed E-state index contributed by atoms with van der Waals surface area (Å²) in [4.78, 5) is 7.55. The molecule has 0 unspecified atom stereocenters. The smallest absolute Gasteiger partial charge is 0.109 e. The van der Waals surface area contributed by atoms with Crippen molar-refractivity contribution >= 4 is 5.69 Å². The van der Waals surface area contributed by atoms with Crippen LogP contribution in [0, 0.1) is 12.6 Å². The molecule has 0 aliphatic carbocycles. The number of hydrogen-bond acceptors (Lipinski definition) is 1. The maximum absolute atomic E-state index is 6.90. The molecule has 0 aliphatic heterocycles. The van der Waals surface area contributed by atoms with Crippen LogP contribution in [0.15, 0.2) is 30.6 Å². The van der Waals surface area contributed by atoms with E-state index < -0.39 is 0 Å². The molecule has 0 bridgehead atoms. The van der Waals surface area contributed by atoms with Crippen LogP contribution in [0.1, 0.15) is 0 Å². The normalized spacial score (nSPS) is 9.07. The molecule has 15 heavy (non-hydrogen) atoms. The van der Waals surface area contributed by atoms with Crippen LogP contribution in [-0.2, 0) is 27.2 Å². The predicted octanol–water partition coefficient (Wildman–Crippen LogP) is 2.44. The molecular weight excluding hydrogens is 366 g/mol. The molecule has 0 amide bonds. The van der Waals surface area contributed by atoms with Gasteiger partial charge in [0, 0.05) is 39.5 Å². The van der Waals surface area contributed by atoms with Gasteiger partial charge in [0.25, 0.3) is 0 Å². The van der Waals surface area contributed by atoms with E-state index in [1.807, 2.05) is 17.8 Å². The molecule has 0 atom stereocenters. The van der Waals surface area contributed by atoms with Gasteiger partial charge in [0.15, 0.2) is 0 Å². The monoisotopic (exact) mass is 375 g/mol. The van der Waals surface area contributed by atoms with E-state index in [4.69, 9.17) is 6.57 Å². The molecule has 1 heterocycles. The minimum Gasteiger partial charge on any atom is -0.373 e. The van der Waals surface area contributed by atoms with E-state index in [9.17, 15) is 0 Å². The van der Waals surface area contributed by atoms with E-state index in [1.54, 1.807) is 24.4 Å². The Labute approximate surface area is 102 Å². The molecule has 2 aromatic rings. The van der Waals surface area contributed by atoms with Gasteiger partial charge < -0.3 is 4.57 Å². The number of nitrogens with zero attached hydrogens (tertiary/aromatic N) is 3. The first-order valence-corrected chi connectivity index (χ1v) is 4.18. The van der Waals surface area contributed by atoms with Crippen molar-refractivity contribution in [3.63, 3.8) is 0 Å². The van der Waals surface area contributed by atoms with E-state index >= 15 is 0 Å². The molecule has 3 nitrogen and oxygen atoms in total. The molecule has 0 saturated heterocycles. The van der Waals surface area contributed by atoms with Gasteiger partial charge in [-0.25, -0.2) is 0 Å². The van der Waals surface area contributed by atoms with Crippen LogP contribution in [-0.4, -0.2) is 9.55 Å². The Morgan fingerprint density at radius 3 is 2.93 bits per heavy atom. The Hall–Kier alpha value is -1.43. The third-order valence-corrected chi connectivity index (χ3v) is 1.98. The molecule has 1 aromatic heterocycles. The first-order valence-electron chi connectivity index (χ1n) is 4.18. The van der Waals surface area contributed by atoms with E-state index in [-0.39, 0.29) is 20.1 Å².